The van der Waals surface area contributed by atoms with Gasteiger partial charge in [-0.3, -0.25) is 48.1 Å². The highest BCUT2D eigenvalue weighted by Crippen LogP contribution is 2.11. The normalized spacial score (nSPS) is 23.3. The lowest BCUT2D eigenvalue weighted by Gasteiger charge is -2.28. The summed E-state index contributed by atoms with van der Waals surface area (Å²) in [6, 6.07) is -4.40. The van der Waals surface area contributed by atoms with Crippen LogP contribution in [0.4, 0.5) is 0 Å². The number of amides is 9. The fraction of sp³-hybridized carbons (Fsp3) is 0.614. The fourth-order valence-corrected chi connectivity index (χ4v) is 7.34. The van der Waals surface area contributed by atoms with E-state index in [2.05, 4.69) is 57.8 Å². The van der Waals surface area contributed by atoms with Crippen LogP contribution in [0.3, 0.4) is 0 Å². The number of benzene rings is 1. The van der Waals surface area contributed by atoms with E-state index in [1.807, 2.05) is 0 Å². The van der Waals surface area contributed by atoms with Crippen molar-refractivity contribution in [2.24, 2.45) is 61.8 Å². The third-order valence-corrected chi connectivity index (χ3v) is 11.1. The number of aliphatic hydroxyl groups is 1. The molecule has 0 aliphatic carbocycles. The zero-order valence-electron chi connectivity index (χ0n) is 41.6. The number of nitrogens with one attached hydrogen (secondary N) is 9. The number of rotatable bonds is 20. The molecule has 0 saturated carbocycles. The highest BCUT2D eigenvalue weighted by molar-refractivity contribution is 5.99. The number of carbonyl (C=O) groups excluding carboxylic acids is 9. The summed E-state index contributed by atoms with van der Waals surface area (Å²) in [5, 5.41) is 33.7. The first-order valence-corrected chi connectivity index (χ1v) is 23.9. The number of guanidine groups is 2. The molecule has 1 aromatic rings. The van der Waals surface area contributed by atoms with E-state index in [1.54, 1.807) is 44.2 Å². The molecular weight excluding hydrogens is 955 g/mol. The topological polar surface area (TPSA) is 515 Å². The minimum Gasteiger partial charge on any atom is -0.391 e. The molecule has 2 rings (SSSR count). The molecule has 408 valence electrons. The van der Waals surface area contributed by atoms with E-state index in [0.29, 0.717) is 5.56 Å². The van der Waals surface area contributed by atoms with E-state index in [9.17, 15) is 48.3 Å². The number of nitrogens with zero attached hydrogens (tertiary/aromatic N) is 2. The number of nitrogens with two attached hydrogens (primary N) is 8. The summed E-state index contributed by atoms with van der Waals surface area (Å²) in [4.78, 5) is 133. The molecule has 0 bridgehead atoms. The third-order valence-electron chi connectivity index (χ3n) is 11.1. The van der Waals surface area contributed by atoms with Gasteiger partial charge in [-0.25, -0.2) is 4.99 Å². The lowest BCUT2D eigenvalue weighted by atomic mass is 10.00. The van der Waals surface area contributed by atoms with Crippen LogP contribution in [0.5, 0.6) is 0 Å². The maximum Gasteiger partial charge on any atom is 0.247 e. The first-order valence-electron chi connectivity index (χ1n) is 23.9. The van der Waals surface area contributed by atoms with Gasteiger partial charge in [-0.2, -0.15) is 0 Å². The van der Waals surface area contributed by atoms with Gasteiger partial charge in [0.05, 0.1) is 12.6 Å². The number of hydrogen-bond acceptors (Lipinski definition) is 16. The van der Waals surface area contributed by atoms with E-state index in [1.165, 1.54) is 6.92 Å². The van der Waals surface area contributed by atoms with Crippen molar-refractivity contribution in [3.8, 4) is 0 Å². The van der Waals surface area contributed by atoms with Gasteiger partial charge in [0.15, 0.2) is 18.0 Å². The van der Waals surface area contributed by atoms with Crippen LogP contribution in [0.1, 0.15) is 64.9 Å². The summed E-state index contributed by atoms with van der Waals surface area (Å²) < 4.78 is 0. The molecule has 1 aliphatic heterocycles. The Balaban J connectivity index is 2.76. The maximum atomic E-state index is 14.3. The molecule has 10 atom stereocenters. The monoisotopic (exact) mass is 1030 g/mol. The number of aliphatic imine (C=N–C) groups is 2. The van der Waals surface area contributed by atoms with Crippen molar-refractivity contribution < 1.29 is 48.3 Å². The van der Waals surface area contributed by atoms with Crippen molar-refractivity contribution in [3.05, 3.63) is 35.9 Å². The summed E-state index contributed by atoms with van der Waals surface area (Å²) >= 11 is 0. The van der Waals surface area contributed by atoms with Gasteiger partial charge >= 0.3 is 0 Å². The zero-order valence-corrected chi connectivity index (χ0v) is 41.6. The minimum atomic E-state index is -1.66. The molecule has 29 nitrogen and oxygen atoms in total. The molecule has 0 radical (unpaired) electrons. The van der Waals surface area contributed by atoms with Crippen LogP contribution in [0.15, 0.2) is 40.3 Å². The fourth-order valence-electron chi connectivity index (χ4n) is 7.34. The van der Waals surface area contributed by atoms with Gasteiger partial charge in [-0.05, 0) is 83.1 Å². The molecule has 1 aliphatic rings. The molecule has 29 heteroatoms. The Kier molecular flexibility index (Phi) is 27.1. The molecule has 0 spiro atoms. The van der Waals surface area contributed by atoms with E-state index in [-0.39, 0.29) is 76.6 Å². The largest absolute Gasteiger partial charge is 0.391 e. The first-order chi connectivity index (χ1) is 34.5. The number of aliphatic hydroxyl groups excluding tert-OH is 1. The Morgan fingerprint density at radius 3 is 1.63 bits per heavy atom. The predicted molar refractivity (Wildman–Crippen MR) is 269 cm³/mol. The van der Waals surface area contributed by atoms with Crippen LogP contribution in [0.25, 0.3) is 0 Å². The van der Waals surface area contributed by atoms with Crippen molar-refractivity contribution >= 4 is 65.1 Å². The van der Waals surface area contributed by atoms with Gasteiger partial charge < -0.3 is 98.8 Å². The minimum absolute atomic E-state index is 0.0607. The van der Waals surface area contributed by atoms with Crippen LogP contribution in [-0.4, -0.2) is 170 Å². The smallest absolute Gasteiger partial charge is 0.247 e. The van der Waals surface area contributed by atoms with Crippen LogP contribution in [0.2, 0.25) is 0 Å². The van der Waals surface area contributed by atoms with Gasteiger partial charge in [0.2, 0.25) is 53.2 Å². The highest BCUT2D eigenvalue weighted by atomic mass is 16.3. The second kappa shape index (κ2) is 32.0. The van der Waals surface area contributed by atoms with Gasteiger partial charge in [0.1, 0.15) is 48.3 Å². The molecule has 9 amide bonds. The molecule has 1 fully saturated rings. The SMILES string of the molecule is CC(C)CC1NC(=O)C(Cc2ccccc2)NC(=O)[C@H](CCN)NC(=O)C(NC(=O)[C@H](CCN)NC(=O)[C@H](CN=C(N)N)N=C(N)N)CCNC(=O)[C@H]([C@@H](C)O)NC(=O)[C@H](CCN)NC(=O)C(CCN)NC1=O. The average Bonchev–Trinajstić information content (AvgIpc) is 3.32. The Morgan fingerprint density at radius 2 is 1.14 bits per heavy atom. The van der Waals surface area contributed by atoms with Gasteiger partial charge in [-0.1, -0.05) is 44.2 Å². The van der Waals surface area contributed by atoms with Crippen molar-refractivity contribution in [1.29, 1.82) is 0 Å². The predicted octanol–water partition coefficient (Wildman–Crippen LogP) is -8.64. The summed E-state index contributed by atoms with van der Waals surface area (Å²) in [5.74, 6) is -9.21. The molecule has 1 saturated heterocycles. The lowest BCUT2D eigenvalue weighted by molar-refractivity contribution is -0.136. The van der Waals surface area contributed by atoms with Crippen molar-refractivity contribution in [2.75, 3.05) is 39.3 Å². The number of hydrogen-bond donors (Lipinski definition) is 18. The second-order valence-electron chi connectivity index (χ2n) is 17.7. The standard InChI is InChI=1S/C44H77N19O10/c1-22(2)19-30-39(70)57-25(9-14-45)34(65)56-28(12-17-48)38(69)63-33(23(3)64)42(73)53-18-13-29(59-35(66)26(10-15-46)58-41(72)32(62-44(51)52)21-54-43(49)50)37(68)55-27(11-16-47)36(67)61-31(40(71)60-30)20-24-7-5-4-6-8-24/h4-8,22-23,25-33,64H,9-21,45-48H2,1-3H3,(H,53,73)(H,55,68)(H,56,65)(H,57,70)(H,58,72)(H,59,66)(H,60,71)(H,61,67)(H,63,69)(H4,49,50,54)(H4,51,52,62)/t23-,25?,26+,27+,28+,29?,30?,31?,32+,33+/m1/s1. The van der Waals surface area contributed by atoms with Crippen molar-refractivity contribution in [3.63, 3.8) is 0 Å². The van der Waals surface area contributed by atoms with E-state index in [4.69, 9.17) is 45.9 Å². The summed E-state index contributed by atoms with van der Waals surface area (Å²) in [5.41, 5.74) is 45.8. The second-order valence-corrected chi connectivity index (χ2v) is 17.7. The Bertz CT molecular complexity index is 2070. The van der Waals surface area contributed by atoms with Gasteiger partial charge in [0.25, 0.3) is 0 Å². The van der Waals surface area contributed by atoms with E-state index < -0.39 is 139 Å². The first kappa shape index (κ1) is 61.9. The molecule has 0 aromatic heterocycles. The van der Waals surface area contributed by atoms with E-state index in [0.717, 1.165) is 0 Å². The van der Waals surface area contributed by atoms with Gasteiger partial charge in [0, 0.05) is 13.0 Å². The average molecular weight is 1030 g/mol. The van der Waals surface area contributed by atoms with Crippen LogP contribution >= 0.6 is 0 Å². The Morgan fingerprint density at radius 1 is 0.644 bits per heavy atom. The quantitative estimate of drug-likeness (QED) is 0.0426. The molecule has 4 unspecified atom stereocenters. The third kappa shape index (κ3) is 22.0. The molecule has 26 N–H and O–H groups in total. The lowest BCUT2D eigenvalue weighted by Crippen LogP contribution is -2.61. The Hall–Kier alpha value is -7.21. The summed E-state index contributed by atoms with van der Waals surface area (Å²) in [6.07, 6.45) is -2.67. The van der Waals surface area contributed by atoms with Gasteiger partial charge in [-0.15, -0.1) is 0 Å². The molecular formula is C44H77N19O10. The number of carbonyl (C=O) groups is 9. The summed E-state index contributed by atoms with van der Waals surface area (Å²) in [6.45, 7) is 3.37. The highest BCUT2D eigenvalue weighted by Gasteiger charge is 2.36. The van der Waals surface area contributed by atoms with Crippen molar-refractivity contribution in [1.82, 2.24) is 47.9 Å². The van der Waals surface area contributed by atoms with Crippen molar-refractivity contribution in [2.45, 2.75) is 126 Å². The van der Waals surface area contributed by atoms with E-state index >= 15 is 0 Å². The summed E-state index contributed by atoms with van der Waals surface area (Å²) in [7, 11) is 0. The molecule has 1 aromatic carbocycles. The molecule has 1 heterocycles. The van der Waals surface area contributed by atoms with Crippen LogP contribution in [0, 0.1) is 5.92 Å². The Labute approximate surface area is 423 Å². The maximum absolute atomic E-state index is 14.3. The van der Waals surface area contributed by atoms with Crippen LogP contribution in [-0.2, 0) is 49.6 Å². The zero-order chi connectivity index (χ0) is 54.8. The molecule has 73 heavy (non-hydrogen) atoms. The van der Waals surface area contributed by atoms with Crippen LogP contribution < -0.4 is 93.7 Å².